The van der Waals surface area contributed by atoms with Crippen LogP contribution >= 0.6 is 23.4 Å². The van der Waals surface area contributed by atoms with Crippen LogP contribution in [-0.4, -0.2) is 24.8 Å². The van der Waals surface area contributed by atoms with Gasteiger partial charge in [0.1, 0.15) is 24.0 Å². The number of thioether (sulfide) groups is 1. The predicted molar refractivity (Wildman–Crippen MR) is 92.5 cm³/mol. The van der Waals surface area contributed by atoms with Gasteiger partial charge in [-0.2, -0.15) is 0 Å². The van der Waals surface area contributed by atoms with Crippen LogP contribution in [0.3, 0.4) is 0 Å². The largest absolute Gasteiger partial charge is 0.492 e. The minimum absolute atomic E-state index is 0.171. The highest BCUT2D eigenvalue weighted by atomic mass is 35.5. The van der Waals surface area contributed by atoms with E-state index < -0.39 is 0 Å². The molecule has 0 atom stereocenters. The van der Waals surface area contributed by atoms with Crippen molar-refractivity contribution in [2.24, 2.45) is 0 Å². The Labute approximate surface area is 148 Å². The first kappa shape index (κ1) is 18.5. The molecule has 0 aromatic heterocycles. The minimum Gasteiger partial charge on any atom is -0.492 e. The second-order valence-corrected chi connectivity index (χ2v) is 6.24. The Morgan fingerprint density at radius 3 is 2.62 bits per heavy atom. The Morgan fingerprint density at radius 1 is 1.17 bits per heavy atom. The van der Waals surface area contributed by atoms with E-state index in [2.05, 4.69) is 5.32 Å². The molecule has 0 saturated carbocycles. The van der Waals surface area contributed by atoms with Gasteiger partial charge < -0.3 is 10.1 Å². The summed E-state index contributed by atoms with van der Waals surface area (Å²) < 4.78 is 31.7. The zero-order valence-electron chi connectivity index (χ0n) is 12.7. The van der Waals surface area contributed by atoms with Crippen LogP contribution in [0.1, 0.15) is 5.56 Å². The first-order valence-corrected chi connectivity index (χ1v) is 8.75. The third kappa shape index (κ3) is 6.02. The van der Waals surface area contributed by atoms with Crippen LogP contribution in [0.25, 0.3) is 0 Å². The molecule has 0 fully saturated rings. The third-order valence-electron chi connectivity index (χ3n) is 3.05. The molecule has 0 bridgehead atoms. The molecule has 0 unspecified atom stereocenters. The zero-order chi connectivity index (χ0) is 17.4. The lowest BCUT2D eigenvalue weighted by atomic mass is 10.2. The summed E-state index contributed by atoms with van der Waals surface area (Å²) in [5.74, 6) is 0.182. The molecular formula is C17H16ClF2NO2S. The molecule has 3 nitrogen and oxygen atoms in total. The maximum Gasteiger partial charge on any atom is 0.230 e. The van der Waals surface area contributed by atoms with Crippen LogP contribution < -0.4 is 10.1 Å². The number of hydrogen-bond acceptors (Lipinski definition) is 3. The number of ether oxygens (including phenoxy) is 1. The van der Waals surface area contributed by atoms with Gasteiger partial charge in [-0.05, 0) is 36.4 Å². The fourth-order valence-corrected chi connectivity index (χ4v) is 3.05. The van der Waals surface area contributed by atoms with E-state index in [9.17, 15) is 13.6 Å². The molecule has 2 aromatic carbocycles. The molecule has 2 rings (SSSR count). The summed E-state index contributed by atoms with van der Waals surface area (Å²) in [4.78, 5) is 11.7. The molecule has 0 aliphatic heterocycles. The van der Waals surface area contributed by atoms with Crippen LogP contribution in [0.2, 0.25) is 5.02 Å². The summed E-state index contributed by atoms with van der Waals surface area (Å²) in [5, 5.41) is 3.05. The van der Waals surface area contributed by atoms with Crippen molar-refractivity contribution in [1.82, 2.24) is 5.32 Å². The summed E-state index contributed by atoms with van der Waals surface area (Å²) >= 11 is 7.20. The van der Waals surface area contributed by atoms with Gasteiger partial charge in [-0.15, -0.1) is 11.8 Å². The first-order chi connectivity index (χ1) is 11.6. The van der Waals surface area contributed by atoms with E-state index in [1.165, 1.54) is 42.1 Å². The second kappa shape index (κ2) is 9.49. The number of benzene rings is 2. The molecule has 7 heteroatoms. The number of halogens is 3. The van der Waals surface area contributed by atoms with E-state index in [-0.39, 0.29) is 29.9 Å². The Kier molecular flexibility index (Phi) is 7.34. The minimum atomic E-state index is -0.372. The van der Waals surface area contributed by atoms with Crippen molar-refractivity contribution < 1.29 is 18.3 Å². The molecule has 0 aliphatic rings. The van der Waals surface area contributed by atoms with Crippen molar-refractivity contribution in [1.29, 1.82) is 0 Å². The average Bonchev–Trinajstić information content (AvgIpc) is 2.56. The molecule has 0 heterocycles. The normalized spacial score (nSPS) is 10.5. The number of carbonyl (C=O) groups is 1. The molecule has 0 aliphatic carbocycles. The fraction of sp³-hybridized carbons (Fsp3) is 0.235. The second-order valence-electron chi connectivity index (χ2n) is 4.85. The third-order valence-corrected chi connectivity index (χ3v) is 4.36. The molecule has 0 spiro atoms. The van der Waals surface area contributed by atoms with Gasteiger partial charge in [-0.1, -0.05) is 17.7 Å². The molecule has 2 aromatic rings. The number of nitrogens with one attached hydrogen (secondary N) is 1. The molecule has 0 radical (unpaired) electrons. The number of amides is 1. The van der Waals surface area contributed by atoms with Crippen LogP contribution in [0.15, 0.2) is 42.5 Å². The van der Waals surface area contributed by atoms with E-state index in [0.717, 1.165) is 0 Å². The van der Waals surface area contributed by atoms with Crippen LogP contribution in [0, 0.1) is 11.6 Å². The van der Waals surface area contributed by atoms with Crippen LogP contribution in [-0.2, 0) is 10.5 Å². The molecular weight excluding hydrogens is 356 g/mol. The molecule has 128 valence electrons. The van der Waals surface area contributed by atoms with Crippen molar-refractivity contribution in [2.45, 2.75) is 5.75 Å². The quantitative estimate of drug-likeness (QED) is 0.711. The van der Waals surface area contributed by atoms with Crippen molar-refractivity contribution in [3.05, 3.63) is 64.7 Å². The molecule has 1 amide bonds. The number of hydrogen-bond donors (Lipinski definition) is 1. The Morgan fingerprint density at radius 2 is 1.92 bits per heavy atom. The van der Waals surface area contributed by atoms with Gasteiger partial charge in [0.25, 0.3) is 0 Å². The standard InChI is InChI=1S/C17H16ClF2NO2S/c18-15-2-1-3-16(20)14(15)10-24-11-17(22)21-8-9-23-13-6-4-12(19)5-7-13/h1-7H,8-11H2,(H,21,22). The van der Waals surface area contributed by atoms with Crippen molar-refractivity contribution in [2.75, 3.05) is 18.9 Å². The summed E-state index contributed by atoms with van der Waals surface area (Å²) in [6.07, 6.45) is 0. The lowest BCUT2D eigenvalue weighted by molar-refractivity contribution is -0.118. The average molecular weight is 372 g/mol. The van der Waals surface area contributed by atoms with E-state index in [0.29, 0.717) is 28.6 Å². The SMILES string of the molecule is O=C(CSCc1c(F)cccc1Cl)NCCOc1ccc(F)cc1. The molecule has 24 heavy (non-hydrogen) atoms. The van der Waals surface area contributed by atoms with Gasteiger partial charge in [0, 0.05) is 16.3 Å². The van der Waals surface area contributed by atoms with Crippen molar-refractivity contribution in [3.8, 4) is 5.75 Å². The predicted octanol–water partition coefficient (Wildman–Crippen LogP) is 4.05. The first-order valence-electron chi connectivity index (χ1n) is 7.22. The van der Waals surface area contributed by atoms with E-state index in [4.69, 9.17) is 16.3 Å². The van der Waals surface area contributed by atoms with Crippen molar-refractivity contribution >= 4 is 29.3 Å². The zero-order valence-corrected chi connectivity index (χ0v) is 14.3. The van der Waals surface area contributed by atoms with E-state index in [1.54, 1.807) is 12.1 Å². The number of rotatable bonds is 8. The Bertz CT molecular complexity index is 663. The maximum absolute atomic E-state index is 13.6. The Hall–Kier alpha value is -1.79. The van der Waals surface area contributed by atoms with Gasteiger partial charge in [0.2, 0.25) is 5.91 Å². The molecule has 1 N–H and O–H groups in total. The molecule has 0 saturated heterocycles. The van der Waals surface area contributed by atoms with E-state index >= 15 is 0 Å². The maximum atomic E-state index is 13.6. The smallest absolute Gasteiger partial charge is 0.230 e. The lowest BCUT2D eigenvalue weighted by Gasteiger charge is -2.08. The topological polar surface area (TPSA) is 38.3 Å². The van der Waals surface area contributed by atoms with E-state index in [1.807, 2.05) is 0 Å². The summed E-state index contributed by atoms with van der Waals surface area (Å²) in [5.41, 5.74) is 0.400. The van der Waals surface area contributed by atoms with Crippen LogP contribution in [0.4, 0.5) is 8.78 Å². The highest BCUT2D eigenvalue weighted by Crippen LogP contribution is 2.23. The summed E-state index contributed by atoms with van der Waals surface area (Å²) in [6, 6.07) is 10.1. The van der Waals surface area contributed by atoms with Crippen LogP contribution in [0.5, 0.6) is 5.75 Å². The Balaban J connectivity index is 1.62. The monoisotopic (exact) mass is 371 g/mol. The summed E-state index contributed by atoms with van der Waals surface area (Å²) in [6.45, 7) is 0.610. The van der Waals surface area contributed by atoms with Gasteiger partial charge in [-0.25, -0.2) is 8.78 Å². The summed E-state index contributed by atoms with van der Waals surface area (Å²) in [7, 11) is 0. The lowest BCUT2D eigenvalue weighted by Crippen LogP contribution is -2.29. The highest BCUT2D eigenvalue weighted by Gasteiger charge is 2.08. The van der Waals surface area contributed by atoms with Gasteiger partial charge in [-0.3, -0.25) is 4.79 Å². The fourth-order valence-electron chi connectivity index (χ4n) is 1.86. The number of carbonyl (C=O) groups excluding carboxylic acids is 1. The van der Waals surface area contributed by atoms with Crippen molar-refractivity contribution in [3.63, 3.8) is 0 Å². The highest BCUT2D eigenvalue weighted by molar-refractivity contribution is 7.99. The van der Waals surface area contributed by atoms with Gasteiger partial charge >= 0.3 is 0 Å². The van der Waals surface area contributed by atoms with Gasteiger partial charge in [0.15, 0.2) is 0 Å². The van der Waals surface area contributed by atoms with Gasteiger partial charge in [0.05, 0.1) is 12.3 Å².